The molecule has 0 atom stereocenters. The molecule has 17 heteroatoms. The van der Waals surface area contributed by atoms with E-state index in [2.05, 4.69) is 50.4 Å². The van der Waals surface area contributed by atoms with Gasteiger partial charge in [0.15, 0.2) is 46.6 Å². The first kappa shape index (κ1) is 43.3. The van der Waals surface area contributed by atoms with E-state index in [1.807, 2.05) is 137 Å². The maximum absolute atomic E-state index is 5.23. The van der Waals surface area contributed by atoms with E-state index in [9.17, 15) is 0 Å². The number of aryl methyl sites for hydroxylation is 8. The molecule has 0 N–H and O–H groups in total. The number of nitrogens with zero attached hydrogens (tertiary/aromatic N) is 16. The fourth-order valence-electron chi connectivity index (χ4n) is 5.27. The second-order valence-corrected chi connectivity index (χ2v) is 12.1. The molecule has 8 aromatic rings. The summed E-state index contributed by atoms with van der Waals surface area (Å²) in [5, 5.41) is 0. The molecule has 8 aromatic heterocycles. The number of rotatable bonds is 8. The minimum atomic E-state index is 0. The Morgan fingerprint density at radius 1 is 0.400 bits per heavy atom. The summed E-state index contributed by atoms with van der Waals surface area (Å²) in [5.74, 6) is 9.82. The molecule has 0 saturated carbocycles. The van der Waals surface area contributed by atoms with Gasteiger partial charge in [-0.1, -0.05) is 7.43 Å². The number of imidazole rings is 8. The summed E-state index contributed by atoms with van der Waals surface area (Å²) in [4.78, 5) is 33.9. The molecule has 55 heavy (non-hydrogen) atoms. The van der Waals surface area contributed by atoms with Crippen molar-refractivity contribution in [2.45, 2.75) is 33.2 Å². The van der Waals surface area contributed by atoms with Crippen LogP contribution >= 0.6 is 0 Å². The largest absolute Gasteiger partial charge is 0.331 e. The van der Waals surface area contributed by atoms with Crippen LogP contribution in [0, 0.1) is 12.3 Å². The van der Waals surface area contributed by atoms with Crippen LogP contribution in [-0.2, 0) is 75.7 Å². The van der Waals surface area contributed by atoms with Gasteiger partial charge in [0.1, 0.15) is 0 Å². The Bertz CT molecular complexity index is 2030. The van der Waals surface area contributed by atoms with Crippen molar-refractivity contribution in [1.82, 2.24) is 76.4 Å². The van der Waals surface area contributed by atoms with Crippen LogP contribution in [0.4, 0.5) is 0 Å². The van der Waals surface area contributed by atoms with Gasteiger partial charge >= 0.3 is 0 Å². The van der Waals surface area contributed by atoms with E-state index in [4.69, 9.17) is 6.42 Å². The molecule has 0 aromatic carbocycles. The van der Waals surface area contributed by atoms with Crippen LogP contribution < -0.4 is 0 Å². The third-order valence-electron chi connectivity index (χ3n) is 8.23. The number of aromatic nitrogens is 16. The summed E-state index contributed by atoms with van der Waals surface area (Å²) < 4.78 is 15.8. The van der Waals surface area contributed by atoms with Crippen LogP contribution in [0.25, 0.3) is 46.6 Å². The quantitative estimate of drug-likeness (QED) is 0.150. The molecular weight excluding hydrogens is 871 g/mol. The van der Waals surface area contributed by atoms with Gasteiger partial charge in [-0.15, -0.1) is 12.3 Å². The third kappa shape index (κ3) is 11.0. The van der Waals surface area contributed by atoms with E-state index >= 15 is 0 Å². The van der Waals surface area contributed by atoms with Crippen molar-refractivity contribution in [1.29, 1.82) is 0 Å². The molecule has 0 aliphatic carbocycles. The van der Waals surface area contributed by atoms with E-state index in [1.165, 1.54) is 0 Å². The van der Waals surface area contributed by atoms with Gasteiger partial charge in [-0.05, 0) is 12.8 Å². The predicted molar refractivity (Wildman–Crippen MR) is 210 cm³/mol. The van der Waals surface area contributed by atoms with Gasteiger partial charge in [0.2, 0.25) is 0 Å². The zero-order chi connectivity index (χ0) is 37.7. The van der Waals surface area contributed by atoms with Crippen LogP contribution in [0.15, 0.2) is 99.1 Å². The van der Waals surface area contributed by atoms with E-state index in [1.54, 1.807) is 43.4 Å². The Morgan fingerprint density at radius 2 is 0.636 bits per heavy atom. The second kappa shape index (κ2) is 20.9. The summed E-state index contributed by atoms with van der Waals surface area (Å²) >= 11 is 0. The van der Waals surface area contributed by atoms with Crippen molar-refractivity contribution in [3.63, 3.8) is 0 Å². The van der Waals surface area contributed by atoms with Crippen molar-refractivity contribution >= 4 is 0 Å². The van der Waals surface area contributed by atoms with Gasteiger partial charge in [-0.2, -0.15) is 0 Å². The minimum absolute atomic E-state index is 0. The fraction of sp³-hybridized carbons (Fsp3) is 0.316. The van der Waals surface area contributed by atoms with Crippen molar-refractivity contribution in [3.05, 3.63) is 99.1 Å². The number of hydrogen-bond acceptors (Lipinski definition) is 8. The molecule has 0 saturated heterocycles. The SMILES string of the molecule is C.C#CCCCCn1ccnc1-c1nccn1C.Cn1ccnc1-c1nccn1C.Cn1ccnc1-c1nccn1C.Cn1ccnc1-c1nccn1C.[Os]. The molecule has 0 aliphatic rings. The molecule has 0 fully saturated rings. The number of hydrogen-bond donors (Lipinski definition) is 0. The van der Waals surface area contributed by atoms with Gasteiger partial charge in [0.25, 0.3) is 0 Å². The van der Waals surface area contributed by atoms with Crippen LogP contribution in [-0.4, -0.2) is 76.4 Å². The van der Waals surface area contributed by atoms with Gasteiger partial charge in [-0.25, -0.2) is 39.9 Å². The maximum Gasteiger partial charge on any atom is 0.176 e. The smallest absolute Gasteiger partial charge is 0.176 e. The second-order valence-electron chi connectivity index (χ2n) is 12.1. The zero-order valence-electron chi connectivity index (χ0n) is 31.7. The Morgan fingerprint density at radius 3 is 0.873 bits per heavy atom. The predicted octanol–water partition coefficient (Wildman–Crippen LogP) is 5.18. The fourth-order valence-corrected chi connectivity index (χ4v) is 5.27. The molecule has 0 spiro atoms. The van der Waals surface area contributed by atoms with Gasteiger partial charge in [0, 0.05) is 181 Å². The number of terminal acetylenes is 1. The molecule has 290 valence electrons. The summed E-state index contributed by atoms with van der Waals surface area (Å²) in [5.41, 5.74) is 0. The molecule has 8 heterocycles. The Balaban J connectivity index is 0.000000197. The molecule has 16 nitrogen and oxygen atoms in total. The normalized spacial score (nSPS) is 10.1. The van der Waals surface area contributed by atoms with E-state index in [0.29, 0.717) is 0 Å². The summed E-state index contributed by atoms with van der Waals surface area (Å²) in [7, 11) is 13.7. The van der Waals surface area contributed by atoms with Crippen molar-refractivity contribution in [2.75, 3.05) is 0 Å². The molecule has 0 radical (unpaired) electrons. The Hall–Kier alpha value is -6.12. The first-order valence-electron chi connectivity index (χ1n) is 17.0. The van der Waals surface area contributed by atoms with E-state index in [-0.39, 0.29) is 27.2 Å². The zero-order valence-corrected chi connectivity index (χ0v) is 34.2. The molecular formula is C38H50N16Os. The molecule has 0 bridgehead atoms. The average molecular weight is 921 g/mol. The molecule has 8 rings (SSSR count). The Kier molecular flexibility index (Phi) is 16.5. The van der Waals surface area contributed by atoms with Crippen LogP contribution in [0.1, 0.15) is 26.7 Å². The monoisotopic (exact) mass is 922 g/mol. The van der Waals surface area contributed by atoms with E-state index in [0.717, 1.165) is 72.4 Å². The minimum Gasteiger partial charge on any atom is -0.331 e. The maximum atomic E-state index is 5.23. The van der Waals surface area contributed by atoms with Crippen LogP contribution in [0.5, 0.6) is 0 Å². The topological polar surface area (TPSA) is 143 Å². The van der Waals surface area contributed by atoms with Crippen molar-refractivity contribution < 1.29 is 19.8 Å². The molecule has 0 aliphatic heterocycles. The van der Waals surface area contributed by atoms with Gasteiger partial charge < -0.3 is 36.5 Å². The molecule has 0 amide bonds. The van der Waals surface area contributed by atoms with Crippen LogP contribution in [0.3, 0.4) is 0 Å². The average Bonchev–Trinajstić information content (AvgIpc) is 3.98. The Labute approximate surface area is 335 Å². The van der Waals surface area contributed by atoms with Crippen molar-refractivity contribution in [2.24, 2.45) is 49.3 Å². The first-order valence-corrected chi connectivity index (χ1v) is 17.0. The van der Waals surface area contributed by atoms with Gasteiger partial charge in [0.05, 0.1) is 0 Å². The summed E-state index contributed by atoms with van der Waals surface area (Å²) in [6.07, 6.45) is 37.7. The third-order valence-corrected chi connectivity index (χ3v) is 8.23. The first-order chi connectivity index (χ1) is 25.7. The van der Waals surface area contributed by atoms with E-state index < -0.39 is 0 Å². The number of unbranched alkanes of at least 4 members (excludes halogenated alkanes) is 2. The van der Waals surface area contributed by atoms with Crippen LogP contribution in [0.2, 0.25) is 0 Å². The van der Waals surface area contributed by atoms with Gasteiger partial charge in [-0.3, -0.25) is 0 Å². The standard InChI is InChI=1S/C13H16N4.3C8H10N4.CH4.Os/c1-3-4-5-6-9-17-11-8-15-13(17)12-14-7-10-16(12)2;3*1-11-5-3-9-7(11)8-10-4-6-12(8)2;;/h1,7-8,10-11H,4-6,9H2,2H3;3*3-6H,1-2H3;1H4;. The summed E-state index contributed by atoms with van der Waals surface area (Å²) in [6.45, 7) is 0.934. The van der Waals surface area contributed by atoms with Crippen molar-refractivity contribution in [3.8, 4) is 58.9 Å². The molecule has 0 unspecified atom stereocenters. The summed E-state index contributed by atoms with van der Waals surface area (Å²) in [6, 6.07) is 0.